The molecule has 0 amide bonds. The lowest BCUT2D eigenvalue weighted by atomic mass is 9.80. The molecule has 1 heterocycles. The van der Waals surface area contributed by atoms with E-state index in [2.05, 4.69) is 18.2 Å². The summed E-state index contributed by atoms with van der Waals surface area (Å²) in [6.45, 7) is 1.47. The molecular weight excluding hydrogens is 238 g/mol. The zero-order valence-electron chi connectivity index (χ0n) is 11.1. The fraction of sp³-hybridized carbons (Fsp3) is 0.500. The van der Waals surface area contributed by atoms with Gasteiger partial charge in [0.2, 0.25) is 0 Å². The van der Waals surface area contributed by atoms with Gasteiger partial charge in [0, 0.05) is 18.5 Å². The van der Waals surface area contributed by atoms with Crippen molar-refractivity contribution < 1.29 is 9.47 Å². The van der Waals surface area contributed by atoms with E-state index in [1.165, 1.54) is 22.3 Å². The van der Waals surface area contributed by atoms with E-state index < -0.39 is 0 Å². The van der Waals surface area contributed by atoms with Crippen LogP contribution < -0.4 is 5.73 Å². The zero-order valence-corrected chi connectivity index (χ0v) is 11.1. The van der Waals surface area contributed by atoms with E-state index in [-0.39, 0.29) is 5.79 Å². The number of rotatable bonds is 0. The van der Waals surface area contributed by atoms with Gasteiger partial charge in [-0.1, -0.05) is 12.1 Å². The smallest absolute Gasteiger partial charge is 0.172 e. The van der Waals surface area contributed by atoms with Gasteiger partial charge in [0.25, 0.3) is 0 Å². The van der Waals surface area contributed by atoms with Gasteiger partial charge in [-0.15, -0.1) is 0 Å². The average Bonchev–Trinajstić information content (AvgIpc) is 2.86. The molecule has 2 N–H and O–H groups in total. The third-order valence-corrected chi connectivity index (χ3v) is 4.60. The van der Waals surface area contributed by atoms with Gasteiger partial charge in [-0.05, 0) is 47.6 Å². The maximum absolute atomic E-state index is 5.94. The number of ether oxygens (including phenoxy) is 2. The van der Waals surface area contributed by atoms with Gasteiger partial charge in [-0.25, -0.2) is 0 Å². The van der Waals surface area contributed by atoms with Crippen molar-refractivity contribution in [1.29, 1.82) is 0 Å². The third kappa shape index (κ3) is 1.80. The Hall–Kier alpha value is -1.32. The minimum atomic E-state index is -0.329. The monoisotopic (exact) mass is 257 g/mol. The molecule has 4 rings (SSSR count). The van der Waals surface area contributed by atoms with Crippen LogP contribution in [0, 0.1) is 0 Å². The van der Waals surface area contributed by atoms with E-state index in [0.29, 0.717) is 0 Å². The lowest BCUT2D eigenvalue weighted by Crippen LogP contribution is -2.37. The molecule has 0 atom stereocenters. The molecule has 19 heavy (non-hydrogen) atoms. The molecule has 3 nitrogen and oxygen atoms in total. The van der Waals surface area contributed by atoms with Crippen molar-refractivity contribution in [2.45, 2.75) is 37.9 Å². The Morgan fingerprint density at radius 1 is 1.00 bits per heavy atom. The van der Waals surface area contributed by atoms with E-state index in [4.69, 9.17) is 15.2 Å². The standard InChI is InChI=1S/C16H19NO2/c17-13-3-4-14-11(9-13)1-2-12-10-16(6-5-15(12)14)18-7-8-19-16/h1-2,9H,3-8,10,17H2. The van der Waals surface area contributed by atoms with E-state index in [1.54, 1.807) is 0 Å². The third-order valence-electron chi connectivity index (χ3n) is 4.60. The van der Waals surface area contributed by atoms with Crippen LogP contribution >= 0.6 is 0 Å². The van der Waals surface area contributed by atoms with Crippen LogP contribution in [0.2, 0.25) is 0 Å². The van der Waals surface area contributed by atoms with Gasteiger partial charge in [0.1, 0.15) is 0 Å². The highest BCUT2D eigenvalue weighted by molar-refractivity contribution is 5.62. The van der Waals surface area contributed by atoms with Gasteiger partial charge < -0.3 is 15.2 Å². The zero-order chi connectivity index (χ0) is 12.9. The van der Waals surface area contributed by atoms with Crippen LogP contribution in [0.15, 0.2) is 17.8 Å². The largest absolute Gasteiger partial charge is 0.402 e. The van der Waals surface area contributed by atoms with Crippen molar-refractivity contribution >= 4 is 6.08 Å². The van der Waals surface area contributed by atoms with Crippen LogP contribution in [-0.2, 0) is 28.7 Å². The lowest BCUT2D eigenvalue weighted by Gasteiger charge is -2.34. The summed E-state index contributed by atoms with van der Waals surface area (Å²) in [6, 6.07) is 4.43. The van der Waals surface area contributed by atoms with Gasteiger partial charge in [-0.3, -0.25) is 0 Å². The highest BCUT2D eigenvalue weighted by Crippen LogP contribution is 2.38. The molecule has 0 bridgehead atoms. The first-order valence-electron chi connectivity index (χ1n) is 7.13. The first kappa shape index (κ1) is 11.5. The molecule has 2 aliphatic carbocycles. The summed E-state index contributed by atoms with van der Waals surface area (Å²) in [5.41, 5.74) is 12.7. The lowest BCUT2D eigenvalue weighted by molar-refractivity contribution is -0.163. The summed E-state index contributed by atoms with van der Waals surface area (Å²) in [4.78, 5) is 0. The molecular formula is C16H19NO2. The van der Waals surface area contributed by atoms with Gasteiger partial charge in [-0.2, -0.15) is 0 Å². The van der Waals surface area contributed by atoms with Gasteiger partial charge in [0.05, 0.1) is 13.2 Å². The molecule has 1 aromatic carbocycles. The molecule has 1 aromatic rings. The maximum Gasteiger partial charge on any atom is 0.172 e. The fourth-order valence-electron chi connectivity index (χ4n) is 3.65. The number of nitrogens with two attached hydrogens (primary N) is 1. The molecule has 1 saturated heterocycles. The van der Waals surface area contributed by atoms with Gasteiger partial charge in [0.15, 0.2) is 5.79 Å². The summed E-state index contributed by atoms with van der Waals surface area (Å²) in [7, 11) is 0. The van der Waals surface area contributed by atoms with Crippen LogP contribution in [-0.4, -0.2) is 19.0 Å². The molecule has 1 fully saturated rings. The van der Waals surface area contributed by atoms with Crippen molar-refractivity contribution in [1.82, 2.24) is 0 Å². The average molecular weight is 257 g/mol. The Morgan fingerprint density at radius 2 is 1.84 bits per heavy atom. The summed E-state index contributed by atoms with van der Waals surface area (Å²) >= 11 is 0. The van der Waals surface area contributed by atoms with Crippen LogP contribution in [0.25, 0.3) is 6.08 Å². The Labute approximate surface area is 113 Å². The molecule has 100 valence electrons. The number of fused-ring (bicyclic) bond motifs is 3. The van der Waals surface area contributed by atoms with Crippen molar-refractivity contribution in [2.75, 3.05) is 13.2 Å². The first-order valence-corrected chi connectivity index (χ1v) is 7.13. The molecule has 3 aliphatic rings. The highest BCUT2D eigenvalue weighted by atomic mass is 16.7. The molecule has 0 radical (unpaired) electrons. The minimum Gasteiger partial charge on any atom is -0.402 e. The number of benzene rings is 1. The minimum absolute atomic E-state index is 0.329. The summed E-state index contributed by atoms with van der Waals surface area (Å²) < 4.78 is 11.7. The van der Waals surface area contributed by atoms with Crippen LogP contribution in [0.5, 0.6) is 0 Å². The van der Waals surface area contributed by atoms with Crippen molar-refractivity contribution in [3.05, 3.63) is 40.1 Å². The maximum atomic E-state index is 5.94. The van der Waals surface area contributed by atoms with Gasteiger partial charge >= 0.3 is 0 Å². The number of allylic oxidation sites excluding steroid dienone is 1. The Bertz CT molecular complexity index is 556. The second-order valence-electron chi connectivity index (χ2n) is 5.77. The van der Waals surface area contributed by atoms with E-state index in [1.807, 2.05) is 0 Å². The molecule has 0 unspecified atom stereocenters. The number of hydrogen-bond acceptors (Lipinski definition) is 3. The van der Waals surface area contributed by atoms with E-state index >= 15 is 0 Å². The Kier molecular flexibility index (Phi) is 2.47. The quantitative estimate of drug-likeness (QED) is 0.774. The van der Waals surface area contributed by atoms with Crippen LogP contribution in [0.3, 0.4) is 0 Å². The second-order valence-corrected chi connectivity index (χ2v) is 5.77. The molecule has 1 spiro atoms. The number of hydrogen-bond donors (Lipinski definition) is 1. The van der Waals surface area contributed by atoms with Crippen LogP contribution in [0.4, 0.5) is 0 Å². The van der Waals surface area contributed by atoms with E-state index in [9.17, 15) is 0 Å². The highest BCUT2D eigenvalue weighted by Gasteiger charge is 2.40. The molecule has 3 heteroatoms. The first-order chi connectivity index (χ1) is 9.26. The predicted octanol–water partition coefficient (Wildman–Crippen LogP) is 2.16. The van der Waals surface area contributed by atoms with Crippen molar-refractivity contribution in [3.63, 3.8) is 0 Å². The van der Waals surface area contributed by atoms with E-state index in [0.717, 1.165) is 51.0 Å². The predicted molar refractivity (Wildman–Crippen MR) is 73.6 cm³/mol. The van der Waals surface area contributed by atoms with Crippen molar-refractivity contribution in [2.24, 2.45) is 5.73 Å². The summed E-state index contributed by atoms with van der Waals surface area (Å²) in [5, 5.41) is 0. The second kappa shape index (κ2) is 4.09. The normalized spacial score (nSPS) is 23.9. The topological polar surface area (TPSA) is 44.5 Å². The summed E-state index contributed by atoms with van der Waals surface area (Å²) in [6.07, 6.45) is 7.14. The SMILES string of the molecule is NC1=Cc2ccc3c(c2CC1)CCC1(C3)OCCO1. The van der Waals surface area contributed by atoms with Crippen molar-refractivity contribution in [3.8, 4) is 0 Å². The molecule has 0 saturated carbocycles. The Morgan fingerprint density at radius 3 is 2.68 bits per heavy atom. The van der Waals surface area contributed by atoms with Crippen LogP contribution in [0.1, 0.15) is 35.1 Å². The molecule has 1 aliphatic heterocycles. The molecule has 0 aromatic heterocycles. The Balaban J connectivity index is 1.75. The fourth-order valence-corrected chi connectivity index (χ4v) is 3.65. The summed E-state index contributed by atoms with van der Waals surface area (Å²) in [5.74, 6) is -0.329.